The van der Waals surface area contributed by atoms with Crippen molar-refractivity contribution in [3.8, 4) is 11.5 Å². The van der Waals surface area contributed by atoms with Crippen LogP contribution in [0.5, 0.6) is 11.5 Å². The highest BCUT2D eigenvalue weighted by Crippen LogP contribution is 2.34. The van der Waals surface area contributed by atoms with Crippen LogP contribution in [-0.2, 0) is 11.3 Å². The molecule has 0 fully saturated rings. The van der Waals surface area contributed by atoms with Crippen LogP contribution in [0.2, 0.25) is 0 Å². The van der Waals surface area contributed by atoms with Crippen molar-refractivity contribution < 1.29 is 19.1 Å². The van der Waals surface area contributed by atoms with Gasteiger partial charge in [0.1, 0.15) is 11.5 Å². The lowest BCUT2D eigenvalue weighted by Gasteiger charge is -2.14. The normalized spacial score (nSPS) is 10.4. The molecule has 0 saturated carbocycles. The smallest absolute Gasteiger partial charge is 0.251 e. The van der Waals surface area contributed by atoms with E-state index in [2.05, 4.69) is 10.6 Å². The lowest BCUT2D eigenvalue weighted by Crippen LogP contribution is -2.23. The summed E-state index contributed by atoms with van der Waals surface area (Å²) in [6.07, 6.45) is 0. The summed E-state index contributed by atoms with van der Waals surface area (Å²) in [6.45, 7) is 3.75. The monoisotopic (exact) mass is 450 g/mol. The Hall–Kier alpha value is -3.45. The molecule has 3 aromatic carbocycles. The Bertz CT molecular complexity index is 1110. The molecule has 0 aliphatic rings. The third-order valence-electron chi connectivity index (χ3n) is 4.73. The second-order valence-corrected chi connectivity index (χ2v) is 8.28. The molecule has 3 aromatic rings. The molecule has 0 radical (unpaired) electrons. The number of anilines is 1. The molecule has 2 N–H and O–H groups in total. The molecule has 0 aliphatic heterocycles. The number of rotatable bonds is 8. The Labute approximate surface area is 192 Å². The van der Waals surface area contributed by atoms with Crippen LogP contribution in [0.15, 0.2) is 70.5 Å². The maximum absolute atomic E-state index is 12.8. The number of methoxy groups -OCH3 is 2. The first-order valence-corrected chi connectivity index (χ1v) is 10.9. The minimum Gasteiger partial charge on any atom is -0.497 e. The largest absolute Gasteiger partial charge is 0.497 e. The topological polar surface area (TPSA) is 76.7 Å². The number of carbonyl (C=O) groups excluding carboxylic acids is 2. The molecule has 0 aromatic heterocycles. The van der Waals surface area contributed by atoms with Crippen molar-refractivity contribution in [1.29, 1.82) is 0 Å². The quantitative estimate of drug-likeness (QED) is 0.502. The molecule has 0 aliphatic carbocycles. The van der Waals surface area contributed by atoms with Gasteiger partial charge in [0.15, 0.2) is 0 Å². The Kier molecular flexibility index (Phi) is 7.78. The van der Waals surface area contributed by atoms with Crippen molar-refractivity contribution >= 4 is 29.3 Å². The van der Waals surface area contributed by atoms with Crippen LogP contribution in [0.3, 0.4) is 0 Å². The van der Waals surface area contributed by atoms with Crippen LogP contribution in [0.4, 0.5) is 5.69 Å². The van der Waals surface area contributed by atoms with Crippen molar-refractivity contribution in [3.05, 3.63) is 77.4 Å². The summed E-state index contributed by atoms with van der Waals surface area (Å²) in [5.74, 6) is 0.887. The second-order valence-electron chi connectivity index (χ2n) is 7.17. The summed E-state index contributed by atoms with van der Waals surface area (Å²) in [6, 6.07) is 18.8. The molecule has 0 heterocycles. The van der Waals surface area contributed by atoms with Gasteiger partial charge < -0.3 is 20.1 Å². The molecule has 6 nitrogen and oxygen atoms in total. The van der Waals surface area contributed by atoms with E-state index < -0.39 is 0 Å². The fraction of sp³-hybridized carbons (Fsp3) is 0.200. The van der Waals surface area contributed by atoms with E-state index in [-0.39, 0.29) is 18.4 Å². The molecule has 2 amide bonds. The highest BCUT2D eigenvalue weighted by atomic mass is 32.2. The lowest BCUT2D eigenvalue weighted by molar-refractivity contribution is -0.114. The molecule has 0 atom stereocenters. The number of benzene rings is 3. The van der Waals surface area contributed by atoms with Gasteiger partial charge >= 0.3 is 0 Å². The highest BCUT2D eigenvalue weighted by Gasteiger charge is 2.13. The fourth-order valence-corrected chi connectivity index (χ4v) is 3.96. The number of ether oxygens (including phenoxy) is 2. The molecule has 0 bridgehead atoms. The van der Waals surface area contributed by atoms with Gasteiger partial charge in [-0.15, -0.1) is 0 Å². The molecule has 0 saturated heterocycles. The van der Waals surface area contributed by atoms with Crippen LogP contribution in [0.25, 0.3) is 0 Å². The third kappa shape index (κ3) is 6.04. The van der Waals surface area contributed by atoms with Crippen molar-refractivity contribution in [1.82, 2.24) is 5.32 Å². The first-order valence-electron chi connectivity index (χ1n) is 10.0. The molecule has 166 valence electrons. The summed E-state index contributed by atoms with van der Waals surface area (Å²) in [5.41, 5.74) is 3.02. The van der Waals surface area contributed by atoms with Crippen LogP contribution in [0, 0.1) is 6.92 Å². The fourth-order valence-electron chi connectivity index (χ4n) is 3.08. The zero-order valence-electron chi connectivity index (χ0n) is 18.5. The van der Waals surface area contributed by atoms with E-state index in [1.165, 1.54) is 24.2 Å². The first kappa shape index (κ1) is 23.2. The maximum Gasteiger partial charge on any atom is 0.251 e. The standard InChI is InChI=1S/C25H26N2O4S/c1-16-5-9-21(10-6-16)32-24-12-7-18(14-22(24)27-17(2)28)25(29)26-15-19-13-20(30-3)8-11-23(19)31-4/h5-14H,15H2,1-4H3,(H,26,29)(H,27,28). The van der Waals surface area contributed by atoms with Gasteiger partial charge in [-0.05, 0) is 55.5 Å². The van der Waals surface area contributed by atoms with Crippen molar-refractivity contribution in [3.63, 3.8) is 0 Å². The highest BCUT2D eigenvalue weighted by molar-refractivity contribution is 7.99. The number of aryl methyl sites for hydroxylation is 1. The van der Waals surface area contributed by atoms with Crippen LogP contribution < -0.4 is 20.1 Å². The third-order valence-corrected chi connectivity index (χ3v) is 5.81. The van der Waals surface area contributed by atoms with Crippen LogP contribution in [0.1, 0.15) is 28.4 Å². The summed E-state index contributed by atoms with van der Waals surface area (Å²) in [7, 11) is 3.17. The molecular weight excluding hydrogens is 424 g/mol. The Morgan fingerprint density at radius 2 is 1.69 bits per heavy atom. The van der Waals surface area contributed by atoms with E-state index in [0.717, 1.165) is 15.4 Å². The molecule has 0 unspecified atom stereocenters. The van der Waals surface area contributed by atoms with E-state index in [1.807, 2.05) is 43.3 Å². The van der Waals surface area contributed by atoms with Crippen molar-refractivity contribution in [2.24, 2.45) is 0 Å². The maximum atomic E-state index is 12.8. The molecule has 3 rings (SSSR count). The van der Waals surface area contributed by atoms with Gasteiger partial charge in [-0.1, -0.05) is 29.5 Å². The molecule has 0 spiro atoms. The SMILES string of the molecule is COc1ccc(OC)c(CNC(=O)c2ccc(Sc3ccc(C)cc3)c(NC(C)=O)c2)c1. The molecule has 7 heteroatoms. The van der Waals surface area contributed by atoms with Gasteiger partial charge in [-0.3, -0.25) is 9.59 Å². The second kappa shape index (κ2) is 10.7. The summed E-state index contributed by atoms with van der Waals surface area (Å²) in [5, 5.41) is 5.73. The van der Waals surface area contributed by atoms with E-state index >= 15 is 0 Å². The molecule has 32 heavy (non-hydrogen) atoms. The van der Waals surface area contributed by atoms with E-state index in [0.29, 0.717) is 22.7 Å². The zero-order chi connectivity index (χ0) is 23.1. The number of hydrogen-bond acceptors (Lipinski definition) is 5. The average molecular weight is 451 g/mol. The average Bonchev–Trinajstić information content (AvgIpc) is 2.79. The summed E-state index contributed by atoms with van der Waals surface area (Å²) >= 11 is 1.53. The Morgan fingerprint density at radius 3 is 2.34 bits per heavy atom. The van der Waals surface area contributed by atoms with Gasteiger partial charge in [-0.25, -0.2) is 0 Å². The first-order chi connectivity index (χ1) is 15.4. The van der Waals surface area contributed by atoms with Gasteiger partial charge in [0, 0.05) is 34.4 Å². The van der Waals surface area contributed by atoms with Crippen molar-refractivity contribution in [2.45, 2.75) is 30.2 Å². The predicted molar refractivity (Wildman–Crippen MR) is 127 cm³/mol. The Balaban J connectivity index is 1.79. The van der Waals surface area contributed by atoms with Crippen LogP contribution >= 0.6 is 11.8 Å². The number of hydrogen-bond donors (Lipinski definition) is 2. The van der Waals surface area contributed by atoms with E-state index in [9.17, 15) is 9.59 Å². The summed E-state index contributed by atoms with van der Waals surface area (Å²) in [4.78, 5) is 26.5. The number of carbonyl (C=O) groups is 2. The zero-order valence-corrected chi connectivity index (χ0v) is 19.3. The van der Waals surface area contributed by atoms with Gasteiger partial charge in [0.25, 0.3) is 5.91 Å². The minimum atomic E-state index is -0.256. The van der Waals surface area contributed by atoms with E-state index in [4.69, 9.17) is 9.47 Å². The van der Waals surface area contributed by atoms with Crippen LogP contribution in [-0.4, -0.2) is 26.0 Å². The Morgan fingerprint density at radius 1 is 0.938 bits per heavy atom. The predicted octanol–water partition coefficient (Wildman–Crippen LogP) is 5.05. The number of amides is 2. The summed E-state index contributed by atoms with van der Waals surface area (Å²) < 4.78 is 10.6. The van der Waals surface area contributed by atoms with Gasteiger partial charge in [-0.2, -0.15) is 0 Å². The number of nitrogens with one attached hydrogen (secondary N) is 2. The van der Waals surface area contributed by atoms with E-state index in [1.54, 1.807) is 38.5 Å². The minimum absolute atomic E-state index is 0.200. The lowest BCUT2D eigenvalue weighted by atomic mass is 10.1. The van der Waals surface area contributed by atoms with Gasteiger partial charge in [0.05, 0.1) is 19.9 Å². The van der Waals surface area contributed by atoms with Gasteiger partial charge in [0.2, 0.25) is 5.91 Å². The molecular formula is C25H26N2O4S. The van der Waals surface area contributed by atoms with Crippen molar-refractivity contribution in [2.75, 3.05) is 19.5 Å².